The number of thiocarbonyl (C=S) groups is 1. The van der Waals surface area contributed by atoms with E-state index >= 15 is 0 Å². The lowest BCUT2D eigenvalue weighted by Gasteiger charge is -2.11. The van der Waals surface area contributed by atoms with Crippen LogP contribution in [0.5, 0.6) is 0 Å². The zero-order valence-electron chi connectivity index (χ0n) is 14.3. The highest BCUT2D eigenvalue weighted by Crippen LogP contribution is 2.35. The number of carbonyl (C=O) groups excluding carboxylic acids is 1. The van der Waals surface area contributed by atoms with Crippen molar-refractivity contribution >= 4 is 56.2 Å². The lowest BCUT2D eigenvalue weighted by Crippen LogP contribution is -2.27. The van der Waals surface area contributed by atoms with Gasteiger partial charge in [-0.3, -0.25) is 9.69 Å². The van der Waals surface area contributed by atoms with Crippen molar-refractivity contribution in [3.05, 3.63) is 75.2 Å². The molecule has 7 heteroatoms. The maximum atomic E-state index is 12.7. The van der Waals surface area contributed by atoms with Crippen LogP contribution in [-0.4, -0.2) is 15.1 Å². The molecule has 3 aromatic rings. The van der Waals surface area contributed by atoms with E-state index in [1.54, 1.807) is 18.4 Å². The van der Waals surface area contributed by atoms with Crippen LogP contribution in [-0.2, 0) is 11.3 Å². The van der Waals surface area contributed by atoms with Crippen LogP contribution < -0.4 is 0 Å². The number of hydrogen-bond donors (Lipinski definition) is 0. The molecule has 1 aliphatic heterocycles. The Balaban J connectivity index is 1.55. The first-order chi connectivity index (χ1) is 13.0. The van der Waals surface area contributed by atoms with Gasteiger partial charge in [0.25, 0.3) is 5.91 Å². The van der Waals surface area contributed by atoms with Crippen molar-refractivity contribution in [2.75, 3.05) is 0 Å². The lowest BCUT2D eigenvalue weighted by molar-refractivity contribution is -0.122. The van der Waals surface area contributed by atoms with Crippen LogP contribution in [0.4, 0.5) is 0 Å². The summed E-state index contributed by atoms with van der Waals surface area (Å²) in [5, 5.41) is 0. The Morgan fingerprint density at radius 2 is 2.11 bits per heavy atom. The maximum Gasteiger partial charge on any atom is 0.266 e. The highest BCUT2D eigenvalue weighted by Gasteiger charge is 2.32. The molecule has 1 amide bonds. The lowest BCUT2D eigenvalue weighted by atomic mass is 10.1. The van der Waals surface area contributed by atoms with Gasteiger partial charge in [-0.2, -0.15) is 0 Å². The fourth-order valence-corrected chi connectivity index (χ4v) is 4.19. The molecule has 4 rings (SSSR count). The monoisotopic (exact) mass is 459 g/mol. The molecule has 0 bridgehead atoms. The molecule has 3 heterocycles. The zero-order chi connectivity index (χ0) is 19.0. The molecule has 1 saturated heterocycles. The smallest absolute Gasteiger partial charge is 0.266 e. The predicted molar refractivity (Wildman–Crippen MR) is 114 cm³/mol. The molecule has 136 valence electrons. The number of aryl methyl sites for hydroxylation is 1. The summed E-state index contributed by atoms with van der Waals surface area (Å²) in [5.41, 5.74) is 2.12. The minimum Gasteiger partial charge on any atom is -0.467 e. The number of amides is 1. The van der Waals surface area contributed by atoms with Gasteiger partial charge in [0.2, 0.25) is 0 Å². The zero-order valence-corrected chi connectivity index (χ0v) is 17.5. The molecule has 2 aromatic heterocycles. The van der Waals surface area contributed by atoms with Gasteiger partial charge >= 0.3 is 0 Å². The van der Waals surface area contributed by atoms with E-state index in [1.807, 2.05) is 37.3 Å². The minimum atomic E-state index is -0.140. The van der Waals surface area contributed by atoms with Gasteiger partial charge in [-0.1, -0.05) is 46.0 Å². The van der Waals surface area contributed by atoms with Crippen molar-refractivity contribution < 1.29 is 13.6 Å². The van der Waals surface area contributed by atoms with Gasteiger partial charge in [-0.15, -0.1) is 0 Å². The van der Waals surface area contributed by atoms with Crippen molar-refractivity contribution in [3.8, 4) is 11.3 Å². The molecule has 27 heavy (non-hydrogen) atoms. The second-order valence-electron chi connectivity index (χ2n) is 6.01. The molecule has 4 nitrogen and oxygen atoms in total. The average molecular weight is 460 g/mol. The third kappa shape index (κ3) is 3.81. The van der Waals surface area contributed by atoms with Crippen LogP contribution in [0.25, 0.3) is 17.4 Å². The Labute approximate surface area is 174 Å². The number of rotatable bonds is 4. The van der Waals surface area contributed by atoms with Crippen LogP contribution >= 0.6 is 39.9 Å². The van der Waals surface area contributed by atoms with E-state index in [0.717, 1.165) is 21.4 Å². The third-order valence-corrected chi connectivity index (χ3v) is 6.38. The largest absolute Gasteiger partial charge is 0.467 e. The Hall–Kier alpha value is -2.09. The van der Waals surface area contributed by atoms with E-state index in [0.29, 0.717) is 27.3 Å². The van der Waals surface area contributed by atoms with E-state index < -0.39 is 0 Å². The minimum absolute atomic E-state index is 0.140. The maximum absolute atomic E-state index is 12.7. The molecule has 1 aromatic carbocycles. The molecule has 0 aliphatic carbocycles. The first kappa shape index (κ1) is 18.3. The fraction of sp³-hybridized carbons (Fsp3) is 0.100. The highest BCUT2D eigenvalue weighted by atomic mass is 79.9. The molecule has 0 spiro atoms. The summed E-state index contributed by atoms with van der Waals surface area (Å²) in [5.74, 6) is 1.92. The Morgan fingerprint density at radius 3 is 2.85 bits per heavy atom. The van der Waals surface area contributed by atoms with Crippen molar-refractivity contribution in [2.24, 2.45) is 0 Å². The first-order valence-corrected chi connectivity index (χ1v) is 10.2. The van der Waals surface area contributed by atoms with Gasteiger partial charge in [-0.25, -0.2) is 0 Å². The van der Waals surface area contributed by atoms with Crippen LogP contribution in [0.15, 0.2) is 66.9 Å². The fourth-order valence-electron chi connectivity index (χ4n) is 2.71. The van der Waals surface area contributed by atoms with Gasteiger partial charge in [-0.05, 0) is 48.9 Å². The average Bonchev–Trinajstić information content (AvgIpc) is 3.37. The van der Waals surface area contributed by atoms with Crippen LogP contribution in [0.1, 0.15) is 17.1 Å². The van der Waals surface area contributed by atoms with Gasteiger partial charge in [0.1, 0.15) is 21.6 Å². The molecule has 1 fully saturated rings. The molecular formula is C20H14BrNO3S2. The SMILES string of the molecule is Cc1cc(-c2ccc(/C=C3\SC(=S)N(Cc4ccco4)C3=O)o2)ccc1Br. The molecule has 0 unspecified atom stereocenters. The number of nitrogens with zero attached hydrogens (tertiary/aromatic N) is 1. The van der Waals surface area contributed by atoms with Crippen LogP contribution in [0.3, 0.4) is 0 Å². The van der Waals surface area contributed by atoms with E-state index in [4.69, 9.17) is 21.1 Å². The number of thioether (sulfide) groups is 1. The van der Waals surface area contributed by atoms with Crippen molar-refractivity contribution in [2.45, 2.75) is 13.5 Å². The highest BCUT2D eigenvalue weighted by molar-refractivity contribution is 9.10. The molecule has 0 N–H and O–H groups in total. The second-order valence-corrected chi connectivity index (χ2v) is 8.54. The normalized spacial score (nSPS) is 15.9. The molecule has 0 saturated carbocycles. The number of furan rings is 2. The van der Waals surface area contributed by atoms with Crippen molar-refractivity contribution in [1.29, 1.82) is 0 Å². The molecule has 0 radical (unpaired) electrons. The van der Waals surface area contributed by atoms with Gasteiger partial charge < -0.3 is 8.83 Å². The molecular weight excluding hydrogens is 446 g/mol. The van der Waals surface area contributed by atoms with Gasteiger partial charge in [0.05, 0.1) is 17.7 Å². The summed E-state index contributed by atoms with van der Waals surface area (Å²) in [7, 11) is 0. The van der Waals surface area contributed by atoms with E-state index in [1.165, 1.54) is 16.7 Å². The number of benzene rings is 1. The topological polar surface area (TPSA) is 46.6 Å². The summed E-state index contributed by atoms with van der Waals surface area (Å²) in [6, 6.07) is 13.4. The van der Waals surface area contributed by atoms with Crippen LogP contribution in [0.2, 0.25) is 0 Å². The molecule has 0 atom stereocenters. The van der Waals surface area contributed by atoms with Gasteiger partial charge in [0.15, 0.2) is 0 Å². The van der Waals surface area contributed by atoms with Crippen molar-refractivity contribution in [1.82, 2.24) is 4.90 Å². The Morgan fingerprint density at radius 1 is 1.26 bits per heavy atom. The third-order valence-electron chi connectivity index (χ3n) is 4.11. The quantitative estimate of drug-likeness (QED) is 0.353. The summed E-state index contributed by atoms with van der Waals surface area (Å²) in [4.78, 5) is 14.7. The summed E-state index contributed by atoms with van der Waals surface area (Å²) in [6.07, 6.45) is 3.31. The van der Waals surface area contributed by atoms with Crippen molar-refractivity contribution in [3.63, 3.8) is 0 Å². The Bertz CT molecular complexity index is 1050. The number of hydrogen-bond acceptors (Lipinski definition) is 5. The predicted octanol–water partition coefficient (Wildman–Crippen LogP) is 6.01. The Kier molecular flexibility index (Phi) is 5.08. The van der Waals surface area contributed by atoms with E-state index in [9.17, 15) is 4.79 Å². The van der Waals surface area contributed by atoms with Crippen LogP contribution in [0, 0.1) is 6.92 Å². The second kappa shape index (κ2) is 7.50. The van der Waals surface area contributed by atoms with Gasteiger partial charge in [0, 0.05) is 16.1 Å². The molecule has 1 aliphatic rings. The first-order valence-electron chi connectivity index (χ1n) is 8.15. The summed E-state index contributed by atoms with van der Waals surface area (Å²) < 4.78 is 12.8. The number of halogens is 1. The summed E-state index contributed by atoms with van der Waals surface area (Å²) in [6.45, 7) is 2.36. The standard InChI is InChI=1S/C20H14BrNO3S2/c1-12-9-13(4-6-16(12)21)17-7-5-14(25-17)10-18-19(23)22(20(26)27-18)11-15-3-2-8-24-15/h2-10H,11H2,1H3/b18-10-. The number of carbonyl (C=O) groups is 1. The summed E-state index contributed by atoms with van der Waals surface area (Å²) >= 11 is 10.1. The van der Waals surface area contributed by atoms with E-state index in [2.05, 4.69) is 22.0 Å². The van der Waals surface area contributed by atoms with E-state index in [-0.39, 0.29) is 5.91 Å².